The van der Waals surface area contributed by atoms with E-state index in [2.05, 4.69) is 4.98 Å². The van der Waals surface area contributed by atoms with E-state index in [1.807, 2.05) is 6.07 Å². The van der Waals surface area contributed by atoms with Crippen LogP contribution in [0.1, 0.15) is 5.69 Å². The molecule has 0 fully saturated rings. The van der Waals surface area contributed by atoms with Gasteiger partial charge in [0.15, 0.2) is 0 Å². The minimum absolute atomic E-state index is 0.0429. The molecule has 1 aromatic carbocycles. The maximum Gasteiger partial charge on any atom is 0.141 e. The molecule has 0 atom stereocenters. The number of hydrogen-bond donors (Lipinski definition) is 1. The number of nitrogens with zero attached hydrogens (tertiary/aromatic N) is 2. The number of nitrogen functional groups attached to an aromatic ring is 1. The average Bonchev–Trinajstić information content (AvgIpc) is 2.45. The van der Waals surface area contributed by atoms with Gasteiger partial charge in [0.25, 0.3) is 0 Å². The van der Waals surface area contributed by atoms with Crippen LogP contribution >= 0.6 is 58.0 Å². The quantitative estimate of drug-likeness (QED) is 0.537. The number of anilines is 1. The molecule has 2 N–H and O–H groups in total. The molecule has 0 aliphatic carbocycles. The van der Waals surface area contributed by atoms with Crippen molar-refractivity contribution >= 4 is 63.7 Å². The zero-order chi connectivity index (χ0) is 15.0. The molecule has 1 heterocycles. The molecule has 102 valence electrons. The second-order valence-electron chi connectivity index (χ2n) is 3.69. The van der Waals surface area contributed by atoms with Crippen molar-refractivity contribution in [2.24, 2.45) is 0 Å². The van der Waals surface area contributed by atoms with Crippen LogP contribution in [0.15, 0.2) is 12.1 Å². The van der Waals surface area contributed by atoms with E-state index in [4.69, 9.17) is 69.0 Å². The van der Waals surface area contributed by atoms with Crippen LogP contribution in [-0.4, -0.2) is 4.98 Å². The molecule has 20 heavy (non-hydrogen) atoms. The summed E-state index contributed by atoms with van der Waals surface area (Å²) >= 11 is 30.2. The first-order valence-electron chi connectivity index (χ1n) is 5.07. The van der Waals surface area contributed by atoms with Crippen LogP contribution in [0.4, 0.5) is 5.69 Å². The summed E-state index contributed by atoms with van der Waals surface area (Å²) in [5.74, 6) is 0. The summed E-state index contributed by atoms with van der Waals surface area (Å²) in [4.78, 5) is 4.08. The van der Waals surface area contributed by atoms with Gasteiger partial charge in [-0.3, -0.25) is 0 Å². The second kappa shape index (κ2) is 5.85. The Labute approximate surface area is 139 Å². The van der Waals surface area contributed by atoms with Crippen LogP contribution in [0.2, 0.25) is 25.1 Å². The van der Waals surface area contributed by atoms with E-state index in [0.29, 0.717) is 0 Å². The van der Waals surface area contributed by atoms with Crippen molar-refractivity contribution in [1.29, 1.82) is 5.26 Å². The third-order valence-corrected chi connectivity index (χ3v) is 4.76. The van der Waals surface area contributed by atoms with E-state index in [-0.39, 0.29) is 47.8 Å². The molecule has 0 saturated heterocycles. The molecular weight excluding hydrogens is 363 g/mol. The fourth-order valence-electron chi connectivity index (χ4n) is 1.55. The highest BCUT2D eigenvalue weighted by Gasteiger charge is 2.22. The van der Waals surface area contributed by atoms with Crippen molar-refractivity contribution in [2.75, 3.05) is 5.73 Å². The highest BCUT2D eigenvalue weighted by Crippen LogP contribution is 2.48. The van der Waals surface area contributed by atoms with E-state index in [9.17, 15) is 0 Å². The topological polar surface area (TPSA) is 62.7 Å². The third-order valence-electron chi connectivity index (χ3n) is 2.49. The summed E-state index contributed by atoms with van der Waals surface area (Å²) in [7, 11) is 0. The largest absolute Gasteiger partial charge is 0.397 e. The number of nitriles is 1. The van der Waals surface area contributed by atoms with Gasteiger partial charge in [-0.05, 0) is 12.1 Å². The molecule has 0 amide bonds. The number of nitrogens with two attached hydrogens (primary N) is 1. The Morgan fingerprint density at radius 1 is 0.900 bits per heavy atom. The van der Waals surface area contributed by atoms with Crippen molar-refractivity contribution in [1.82, 2.24) is 4.98 Å². The van der Waals surface area contributed by atoms with Crippen molar-refractivity contribution in [3.63, 3.8) is 0 Å². The molecule has 0 unspecified atom stereocenters. The van der Waals surface area contributed by atoms with Gasteiger partial charge in [0, 0.05) is 5.56 Å². The van der Waals surface area contributed by atoms with E-state index < -0.39 is 0 Å². The summed E-state index contributed by atoms with van der Waals surface area (Å²) in [6, 6.07) is 4.89. The Hall–Kier alpha value is -0.890. The number of aromatic nitrogens is 1. The number of hydrogen-bond acceptors (Lipinski definition) is 3. The van der Waals surface area contributed by atoms with Crippen LogP contribution < -0.4 is 5.73 Å². The van der Waals surface area contributed by atoms with Crippen LogP contribution in [0, 0.1) is 11.3 Å². The molecule has 0 aliphatic heterocycles. The SMILES string of the molecule is N#Cc1ccc(N)c(-c2c(Cl)c(Cl)c(Cl)c(Cl)c2Cl)n1. The molecule has 8 heteroatoms. The lowest BCUT2D eigenvalue weighted by atomic mass is 10.1. The summed E-state index contributed by atoms with van der Waals surface area (Å²) in [5, 5.41) is 9.17. The van der Waals surface area contributed by atoms with Crippen molar-refractivity contribution in [3.05, 3.63) is 42.9 Å². The third kappa shape index (κ3) is 2.50. The van der Waals surface area contributed by atoms with Crippen LogP contribution in [0.25, 0.3) is 11.3 Å². The number of rotatable bonds is 1. The van der Waals surface area contributed by atoms with E-state index in [0.717, 1.165) is 0 Å². The lowest BCUT2D eigenvalue weighted by Crippen LogP contribution is -1.97. The van der Waals surface area contributed by atoms with E-state index in [1.165, 1.54) is 12.1 Å². The molecule has 1 aromatic heterocycles. The average molecular weight is 367 g/mol. The molecule has 2 aromatic rings. The minimum Gasteiger partial charge on any atom is -0.397 e. The first-order valence-corrected chi connectivity index (χ1v) is 6.95. The molecule has 0 aliphatic rings. The van der Waals surface area contributed by atoms with Crippen LogP contribution in [0.3, 0.4) is 0 Å². The predicted molar refractivity (Wildman–Crippen MR) is 83.9 cm³/mol. The zero-order valence-electron chi connectivity index (χ0n) is 9.52. The highest BCUT2D eigenvalue weighted by atomic mass is 35.5. The number of benzene rings is 1. The molecular formula is C12H4Cl5N3. The zero-order valence-corrected chi connectivity index (χ0v) is 13.3. The van der Waals surface area contributed by atoms with Gasteiger partial charge in [-0.1, -0.05) is 58.0 Å². The predicted octanol–water partition coefficient (Wildman–Crippen LogP) is 5.47. The smallest absolute Gasteiger partial charge is 0.141 e. The Kier molecular flexibility index (Phi) is 4.53. The van der Waals surface area contributed by atoms with Gasteiger partial charge in [0.05, 0.1) is 36.5 Å². The highest BCUT2D eigenvalue weighted by molar-refractivity contribution is 6.56. The Balaban J connectivity index is 2.87. The number of pyridine rings is 1. The molecule has 0 saturated carbocycles. The van der Waals surface area contributed by atoms with Crippen molar-refractivity contribution < 1.29 is 0 Å². The summed E-state index contributed by atoms with van der Waals surface area (Å²) in [5.41, 5.74) is 6.74. The number of halogens is 5. The Bertz CT molecular complexity index is 723. The standard InChI is InChI=1S/C12H4Cl5N3/c13-7-6(8(14)10(16)11(17)9(7)15)12-5(19)2-1-4(3-18)20-12/h1-2H,19H2. The van der Waals surface area contributed by atoms with Gasteiger partial charge in [0.2, 0.25) is 0 Å². The Morgan fingerprint density at radius 2 is 1.40 bits per heavy atom. The van der Waals surface area contributed by atoms with Gasteiger partial charge in [-0.15, -0.1) is 0 Å². The first kappa shape index (κ1) is 15.5. The van der Waals surface area contributed by atoms with Gasteiger partial charge < -0.3 is 5.73 Å². The lowest BCUT2D eigenvalue weighted by molar-refractivity contribution is 1.27. The fraction of sp³-hybridized carbons (Fsp3) is 0. The second-order valence-corrected chi connectivity index (χ2v) is 5.58. The maximum atomic E-state index is 8.90. The summed E-state index contributed by atoms with van der Waals surface area (Å²) in [6.45, 7) is 0. The summed E-state index contributed by atoms with van der Waals surface area (Å²) < 4.78 is 0. The monoisotopic (exact) mass is 365 g/mol. The van der Waals surface area contributed by atoms with E-state index >= 15 is 0 Å². The molecule has 0 bridgehead atoms. The molecule has 3 nitrogen and oxygen atoms in total. The van der Waals surface area contributed by atoms with Crippen LogP contribution in [0.5, 0.6) is 0 Å². The Morgan fingerprint density at radius 3 is 1.90 bits per heavy atom. The normalized spacial score (nSPS) is 10.4. The summed E-state index contributed by atoms with van der Waals surface area (Å²) in [6.07, 6.45) is 0. The maximum absolute atomic E-state index is 8.90. The van der Waals surface area contributed by atoms with Crippen LogP contribution in [-0.2, 0) is 0 Å². The first-order chi connectivity index (χ1) is 9.38. The lowest BCUT2D eigenvalue weighted by Gasteiger charge is -2.13. The van der Waals surface area contributed by atoms with Crippen molar-refractivity contribution in [3.8, 4) is 17.3 Å². The van der Waals surface area contributed by atoms with Gasteiger partial charge in [0.1, 0.15) is 11.8 Å². The molecule has 0 spiro atoms. The van der Waals surface area contributed by atoms with Gasteiger partial charge in [-0.25, -0.2) is 4.98 Å². The van der Waals surface area contributed by atoms with Gasteiger partial charge in [-0.2, -0.15) is 5.26 Å². The minimum atomic E-state index is 0.0429. The molecule has 2 rings (SSSR count). The van der Waals surface area contributed by atoms with Gasteiger partial charge >= 0.3 is 0 Å². The van der Waals surface area contributed by atoms with E-state index in [1.54, 1.807) is 0 Å². The molecule has 0 radical (unpaired) electrons. The van der Waals surface area contributed by atoms with Crippen molar-refractivity contribution in [2.45, 2.75) is 0 Å². The fourth-order valence-corrected chi connectivity index (χ4v) is 2.86.